The first kappa shape index (κ1) is 18.1. The van der Waals surface area contributed by atoms with E-state index in [1.807, 2.05) is 14.0 Å². The number of hydrogen-bond acceptors (Lipinski definition) is 5. The molecule has 1 rings (SSSR count). The third-order valence-electron chi connectivity index (χ3n) is 3.35. The maximum Gasteiger partial charge on any atom is 0.243 e. The molecule has 1 aromatic carbocycles. The molecule has 1 atom stereocenters. The van der Waals surface area contributed by atoms with Gasteiger partial charge in [0.25, 0.3) is 0 Å². The van der Waals surface area contributed by atoms with Crippen molar-refractivity contribution in [2.24, 2.45) is 0 Å². The van der Waals surface area contributed by atoms with Crippen LogP contribution >= 0.6 is 0 Å². The lowest BCUT2D eigenvalue weighted by atomic mass is 10.1. The minimum atomic E-state index is -3.61. The molecule has 0 heterocycles. The molecule has 21 heavy (non-hydrogen) atoms. The van der Waals surface area contributed by atoms with Crippen molar-refractivity contribution < 1.29 is 18.3 Å². The molecule has 2 N–H and O–H groups in total. The van der Waals surface area contributed by atoms with E-state index in [-0.39, 0.29) is 37.2 Å². The Morgan fingerprint density at radius 3 is 2.38 bits per heavy atom. The van der Waals surface area contributed by atoms with E-state index in [1.54, 1.807) is 24.3 Å². The zero-order valence-corrected chi connectivity index (χ0v) is 13.6. The Morgan fingerprint density at radius 2 is 1.90 bits per heavy atom. The number of nitrogens with zero attached hydrogens (tertiary/aromatic N) is 1. The van der Waals surface area contributed by atoms with Crippen molar-refractivity contribution in [2.45, 2.75) is 17.9 Å². The number of nitrogens with one attached hydrogen (secondary N) is 1. The average molecular weight is 316 g/mol. The molecule has 0 amide bonds. The predicted octanol–water partition coefficient (Wildman–Crippen LogP) is 0.596. The molecule has 0 saturated heterocycles. The van der Waals surface area contributed by atoms with Crippen LogP contribution in [-0.2, 0) is 14.8 Å². The number of aliphatic hydroxyl groups is 1. The highest BCUT2D eigenvalue weighted by Crippen LogP contribution is 2.19. The molecule has 0 bridgehead atoms. The monoisotopic (exact) mass is 316 g/mol. The summed E-state index contributed by atoms with van der Waals surface area (Å²) in [5, 5.41) is 12.1. The molecular weight excluding hydrogens is 292 g/mol. The van der Waals surface area contributed by atoms with Gasteiger partial charge in [0.15, 0.2) is 0 Å². The van der Waals surface area contributed by atoms with E-state index in [4.69, 9.17) is 9.84 Å². The smallest absolute Gasteiger partial charge is 0.243 e. The second kappa shape index (κ2) is 8.45. The quantitative estimate of drug-likeness (QED) is 0.697. The molecule has 120 valence electrons. The summed E-state index contributed by atoms with van der Waals surface area (Å²) in [6.45, 7) is 2.33. The van der Waals surface area contributed by atoms with Gasteiger partial charge in [-0.1, -0.05) is 12.1 Å². The molecule has 0 aliphatic carbocycles. The van der Waals surface area contributed by atoms with Gasteiger partial charge in [-0.3, -0.25) is 0 Å². The van der Waals surface area contributed by atoms with Crippen LogP contribution in [0.4, 0.5) is 0 Å². The number of rotatable bonds is 9. The minimum Gasteiger partial charge on any atom is -0.395 e. The highest BCUT2D eigenvalue weighted by Gasteiger charge is 2.23. The Balaban J connectivity index is 2.98. The minimum absolute atomic E-state index is 0.0559. The van der Waals surface area contributed by atoms with Crippen molar-refractivity contribution >= 4 is 10.0 Å². The van der Waals surface area contributed by atoms with Gasteiger partial charge in [-0.15, -0.1) is 0 Å². The summed E-state index contributed by atoms with van der Waals surface area (Å²) >= 11 is 0. The first-order chi connectivity index (χ1) is 9.97. The van der Waals surface area contributed by atoms with Crippen LogP contribution in [-0.4, -0.2) is 58.3 Å². The zero-order valence-electron chi connectivity index (χ0n) is 12.7. The van der Waals surface area contributed by atoms with Crippen molar-refractivity contribution in [3.05, 3.63) is 29.8 Å². The van der Waals surface area contributed by atoms with E-state index in [2.05, 4.69) is 5.32 Å². The molecule has 7 heteroatoms. The van der Waals surface area contributed by atoms with Gasteiger partial charge >= 0.3 is 0 Å². The lowest BCUT2D eigenvalue weighted by molar-refractivity contribution is 0.168. The normalized spacial score (nSPS) is 13.6. The SMILES string of the molecule is CNC(C)c1ccc(S(=O)(=O)N(CCO)CCOC)cc1. The first-order valence-corrected chi connectivity index (χ1v) is 8.28. The van der Waals surface area contributed by atoms with Gasteiger partial charge in [0, 0.05) is 26.2 Å². The summed E-state index contributed by atoms with van der Waals surface area (Å²) in [6.07, 6.45) is 0. The van der Waals surface area contributed by atoms with Crippen LogP contribution in [0.25, 0.3) is 0 Å². The number of sulfonamides is 1. The van der Waals surface area contributed by atoms with E-state index in [0.29, 0.717) is 0 Å². The highest BCUT2D eigenvalue weighted by atomic mass is 32.2. The fourth-order valence-corrected chi connectivity index (χ4v) is 3.32. The van der Waals surface area contributed by atoms with Gasteiger partial charge < -0.3 is 15.2 Å². The van der Waals surface area contributed by atoms with Crippen molar-refractivity contribution in [1.29, 1.82) is 0 Å². The van der Waals surface area contributed by atoms with Crippen molar-refractivity contribution in [2.75, 3.05) is 40.5 Å². The lowest BCUT2D eigenvalue weighted by Gasteiger charge is -2.21. The van der Waals surface area contributed by atoms with Crippen LogP contribution in [0.2, 0.25) is 0 Å². The third kappa shape index (κ3) is 4.76. The summed E-state index contributed by atoms with van der Waals surface area (Å²) < 4.78 is 31.2. The molecule has 1 unspecified atom stereocenters. The summed E-state index contributed by atoms with van der Waals surface area (Å²) in [7, 11) is -0.250. The topological polar surface area (TPSA) is 78.9 Å². The van der Waals surface area contributed by atoms with Crippen LogP contribution in [0.3, 0.4) is 0 Å². The number of aliphatic hydroxyl groups excluding tert-OH is 1. The second-order valence-corrected chi connectivity index (χ2v) is 6.64. The number of hydrogen-bond donors (Lipinski definition) is 2. The predicted molar refractivity (Wildman–Crippen MR) is 81.6 cm³/mol. The Labute approximate surface area is 126 Å². The summed E-state index contributed by atoms with van der Waals surface area (Å²) in [4.78, 5) is 0.221. The third-order valence-corrected chi connectivity index (χ3v) is 5.26. The maximum atomic E-state index is 12.5. The fourth-order valence-electron chi connectivity index (χ4n) is 1.90. The Hall–Kier alpha value is -0.990. The van der Waals surface area contributed by atoms with Crippen LogP contribution in [0.1, 0.15) is 18.5 Å². The lowest BCUT2D eigenvalue weighted by Crippen LogP contribution is -2.36. The van der Waals surface area contributed by atoms with Gasteiger partial charge in [-0.25, -0.2) is 8.42 Å². The Bertz CT molecular complexity index is 516. The van der Waals surface area contributed by atoms with Gasteiger partial charge in [0.1, 0.15) is 0 Å². The van der Waals surface area contributed by atoms with E-state index in [1.165, 1.54) is 11.4 Å². The van der Waals surface area contributed by atoms with E-state index >= 15 is 0 Å². The average Bonchev–Trinajstić information content (AvgIpc) is 2.50. The van der Waals surface area contributed by atoms with Crippen LogP contribution in [0, 0.1) is 0 Å². The molecule has 0 spiro atoms. The van der Waals surface area contributed by atoms with Gasteiger partial charge in [-0.2, -0.15) is 4.31 Å². The van der Waals surface area contributed by atoms with Crippen LogP contribution < -0.4 is 5.32 Å². The molecule has 0 radical (unpaired) electrons. The number of benzene rings is 1. The molecule has 0 fully saturated rings. The van der Waals surface area contributed by atoms with Gasteiger partial charge in [-0.05, 0) is 31.7 Å². The molecule has 1 aromatic rings. The second-order valence-electron chi connectivity index (χ2n) is 4.70. The summed E-state index contributed by atoms with van der Waals surface area (Å²) in [5.74, 6) is 0. The Kier molecular flexibility index (Phi) is 7.27. The molecule has 0 aromatic heterocycles. The van der Waals surface area contributed by atoms with E-state index in [0.717, 1.165) is 5.56 Å². The Morgan fingerprint density at radius 1 is 1.29 bits per heavy atom. The van der Waals surface area contributed by atoms with Gasteiger partial charge in [0.2, 0.25) is 10.0 Å². The van der Waals surface area contributed by atoms with Crippen LogP contribution in [0.15, 0.2) is 29.2 Å². The molecule has 6 nitrogen and oxygen atoms in total. The summed E-state index contributed by atoms with van der Waals surface area (Å²) in [6, 6.07) is 6.93. The molecule has 0 aliphatic heterocycles. The highest BCUT2D eigenvalue weighted by molar-refractivity contribution is 7.89. The molecule has 0 saturated carbocycles. The maximum absolute atomic E-state index is 12.5. The standard InChI is InChI=1S/C14H24N2O4S/c1-12(15-2)13-4-6-14(7-5-13)21(18,19)16(8-10-17)9-11-20-3/h4-7,12,15,17H,8-11H2,1-3H3. The number of methoxy groups -OCH3 is 1. The van der Waals surface area contributed by atoms with Crippen LogP contribution in [0.5, 0.6) is 0 Å². The summed E-state index contributed by atoms with van der Waals surface area (Å²) in [5.41, 5.74) is 1.02. The van der Waals surface area contributed by atoms with Crippen molar-refractivity contribution in [3.8, 4) is 0 Å². The van der Waals surface area contributed by atoms with Crippen molar-refractivity contribution in [1.82, 2.24) is 9.62 Å². The first-order valence-electron chi connectivity index (χ1n) is 6.84. The van der Waals surface area contributed by atoms with Crippen molar-refractivity contribution in [3.63, 3.8) is 0 Å². The van der Waals surface area contributed by atoms with E-state index < -0.39 is 10.0 Å². The molecule has 0 aliphatic rings. The fraction of sp³-hybridized carbons (Fsp3) is 0.571. The zero-order chi connectivity index (χ0) is 15.9. The van der Waals surface area contributed by atoms with E-state index in [9.17, 15) is 8.42 Å². The molecular formula is C14H24N2O4S. The van der Waals surface area contributed by atoms with Gasteiger partial charge in [0.05, 0.1) is 18.1 Å². The number of ether oxygens (including phenoxy) is 1. The largest absolute Gasteiger partial charge is 0.395 e.